The second kappa shape index (κ2) is 5.27. The van der Waals surface area contributed by atoms with Crippen molar-refractivity contribution >= 4 is 10.9 Å². The molecule has 0 saturated carbocycles. The highest BCUT2D eigenvalue weighted by atomic mass is 16.5. The monoisotopic (exact) mass is 266 g/mol. The van der Waals surface area contributed by atoms with Gasteiger partial charge in [-0.3, -0.25) is 4.98 Å². The Morgan fingerprint density at radius 1 is 1.05 bits per heavy atom. The minimum absolute atomic E-state index is 0.415. The predicted octanol–water partition coefficient (Wildman–Crippen LogP) is 3.48. The summed E-state index contributed by atoms with van der Waals surface area (Å²) >= 11 is 0. The zero-order valence-electron chi connectivity index (χ0n) is 11.0. The first-order valence-corrected chi connectivity index (χ1v) is 6.39. The van der Waals surface area contributed by atoms with Gasteiger partial charge >= 0.3 is 0 Å². The number of aliphatic hydroxyl groups excluding tert-OH is 1. The third-order valence-electron chi connectivity index (χ3n) is 3.04. The Balaban J connectivity index is 1.97. The Hall–Kier alpha value is -2.46. The maximum Gasteiger partial charge on any atom is 0.225 e. The second-order valence-corrected chi connectivity index (χ2v) is 4.53. The summed E-state index contributed by atoms with van der Waals surface area (Å²) in [5, 5.41) is 10.8. The first-order valence-electron chi connectivity index (χ1n) is 6.39. The number of hydrogen-bond donors (Lipinski definition) is 1. The minimum Gasteiger partial charge on any atom is -0.439 e. The number of hydrogen-bond acceptors (Lipinski definition) is 4. The van der Waals surface area contributed by atoms with Gasteiger partial charge in [0.25, 0.3) is 0 Å². The number of aliphatic hydroxyl groups is 1. The van der Waals surface area contributed by atoms with Gasteiger partial charge in [0.05, 0.1) is 11.6 Å². The lowest BCUT2D eigenvalue weighted by Gasteiger charge is -2.11. The van der Waals surface area contributed by atoms with E-state index in [0.29, 0.717) is 17.2 Å². The van der Waals surface area contributed by atoms with Crippen molar-refractivity contribution in [2.24, 2.45) is 0 Å². The van der Waals surface area contributed by atoms with E-state index in [-0.39, 0.29) is 0 Å². The Labute approximate surface area is 116 Å². The van der Waals surface area contributed by atoms with Crippen LogP contribution in [0.5, 0.6) is 11.6 Å². The van der Waals surface area contributed by atoms with E-state index in [2.05, 4.69) is 9.97 Å². The van der Waals surface area contributed by atoms with Gasteiger partial charge in [-0.15, -0.1) is 0 Å². The van der Waals surface area contributed by atoms with Crippen LogP contribution in [-0.4, -0.2) is 15.1 Å². The molecule has 0 amide bonds. The second-order valence-electron chi connectivity index (χ2n) is 4.53. The highest BCUT2D eigenvalue weighted by Gasteiger charge is 2.11. The Morgan fingerprint density at radius 3 is 2.70 bits per heavy atom. The fourth-order valence-corrected chi connectivity index (χ4v) is 2.03. The summed E-state index contributed by atoms with van der Waals surface area (Å²) in [6.07, 6.45) is 2.76. The molecule has 20 heavy (non-hydrogen) atoms. The van der Waals surface area contributed by atoms with Crippen LogP contribution in [0.15, 0.2) is 54.9 Å². The third kappa shape index (κ3) is 2.46. The summed E-state index contributed by atoms with van der Waals surface area (Å²) in [5.41, 5.74) is 1.52. The number of pyridine rings is 2. The van der Waals surface area contributed by atoms with E-state index in [0.717, 1.165) is 10.9 Å². The average Bonchev–Trinajstić information content (AvgIpc) is 2.47. The van der Waals surface area contributed by atoms with Gasteiger partial charge in [-0.05, 0) is 37.3 Å². The molecule has 0 bridgehead atoms. The molecule has 0 saturated heterocycles. The minimum atomic E-state index is -0.628. The Kier molecular flexibility index (Phi) is 3.31. The van der Waals surface area contributed by atoms with Gasteiger partial charge in [0.2, 0.25) is 5.88 Å². The van der Waals surface area contributed by atoms with E-state index in [1.54, 1.807) is 31.5 Å². The standard InChI is InChI=1S/C16H14N2O2/c1-11(19)14-5-3-9-18-16(14)20-13-7-6-12-4-2-8-17-15(12)10-13/h2-11,19H,1H3/t11-/m0/s1. The molecule has 0 aliphatic carbocycles. The van der Waals surface area contributed by atoms with Crippen LogP contribution in [0.25, 0.3) is 10.9 Å². The highest BCUT2D eigenvalue weighted by molar-refractivity contribution is 5.79. The predicted molar refractivity (Wildman–Crippen MR) is 76.7 cm³/mol. The molecule has 0 aliphatic rings. The first-order chi connectivity index (χ1) is 9.74. The summed E-state index contributed by atoms with van der Waals surface area (Å²) < 4.78 is 5.77. The van der Waals surface area contributed by atoms with Crippen LogP contribution >= 0.6 is 0 Å². The molecule has 1 N–H and O–H groups in total. The van der Waals surface area contributed by atoms with Gasteiger partial charge in [0.15, 0.2) is 0 Å². The molecular formula is C16H14N2O2. The SMILES string of the molecule is C[C@H](O)c1cccnc1Oc1ccc2cccnc2c1. The lowest BCUT2D eigenvalue weighted by atomic mass is 10.2. The molecule has 4 nitrogen and oxygen atoms in total. The van der Waals surface area contributed by atoms with Crippen LogP contribution in [0.4, 0.5) is 0 Å². The van der Waals surface area contributed by atoms with Crippen LogP contribution in [-0.2, 0) is 0 Å². The smallest absolute Gasteiger partial charge is 0.225 e. The van der Waals surface area contributed by atoms with Crippen molar-refractivity contribution in [1.82, 2.24) is 9.97 Å². The summed E-state index contributed by atoms with van der Waals surface area (Å²) in [4.78, 5) is 8.46. The number of rotatable bonds is 3. The lowest BCUT2D eigenvalue weighted by Crippen LogP contribution is -1.98. The zero-order valence-corrected chi connectivity index (χ0v) is 11.0. The van der Waals surface area contributed by atoms with Crippen molar-refractivity contribution in [3.8, 4) is 11.6 Å². The fraction of sp³-hybridized carbons (Fsp3) is 0.125. The molecule has 0 fully saturated rings. The van der Waals surface area contributed by atoms with Gasteiger partial charge in [0.1, 0.15) is 5.75 Å². The van der Waals surface area contributed by atoms with Crippen molar-refractivity contribution in [1.29, 1.82) is 0 Å². The van der Waals surface area contributed by atoms with Crippen molar-refractivity contribution in [2.45, 2.75) is 13.0 Å². The van der Waals surface area contributed by atoms with Crippen LogP contribution in [0.3, 0.4) is 0 Å². The molecule has 100 valence electrons. The number of fused-ring (bicyclic) bond motifs is 1. The third-order valence-corrected chi connectivity index (χ3v) is 3.04. The van der Waals surface area contributed by atoms with Crippen LogP contribution in [0, 0.1) is 0 Å². The number of ether oxygens (including phenoxy) is 1. The van der Waals surface area contributed by atoms with Crippen molar-refractivity contribution in [2.75, 3.05) is 0 Å². The molecule has 3 rings (SSSR count). The normalized spacial score (nSPS) is 12.3. The van der Waals surface area contributed by atoms with Crippen molar-refractivity contribution < 1.29 is 9.84 Å². The van der Waals surface area contributed by atoms with E-state index in [9.17, 15) is 5.11 Å². The molecule has 0 spiro atoms. The van der Waals surface area contributed by atoms with Gasteiger partial charge in [-0.1, -0.05) is 6.07 Å². The molecule has 1 atom stereocenters. The first kappa shape index (κ1) is 12.6. The largest absolute Gasteiger partial charge is 0.439 e. The van der Waals surface area contributed by atoms with Gasteiger partial charge in [0, 0.05) is 29.4 Å². The van der Waals surface area contributed by atoms with Crippen LogP contribution in [0.2, 0.25) is 0 Å². The van der Waals surface area contributed by atoms with E-state index < -0.39 is 6.10 Å². The molecule has 4 heteroatoms. The molecular weight excluding hydrogens is 252 g/mol. The van der Waals surface area contributed by atoms with E-state index >= 15 is 0 Å². The van der Waals surface area contributed by atoms with Gasteiger partial charge < -0.3 is 9.84 Å². The molecule has 0 aliphatic heterocycles. The van der Waals surface area contributed by atoms with E-state index in [1.165, 1.54) is 0 Å². The highest BCUT2D eigenvalue weighted by Crippen LogP contribution is 2.28. The Bertz CT molecular complexity index is 741. The molecule has 1 aromatic carbocycles. The number of nitrogens with zero attached hydrogens (tertiary/aromatic N) is 2. The average molecular weight is 266 g/mol. The van der Waals surface area contributed by atoms with Crippen molar-refractivity contribution in [3.63, 3.8) is 0 Å². The Morgan fingerprint density at radius 2 is 1.85 bits per heavy atom. The van der Waals surface area contributed by atoms with Crippen LogP contribution in [0.1, 0.15) is 18.6 Å². The van der Waals surface area contributed by atoms with Crippen molar-refractivity contribution in [3.05, 3.63) is 60.4 Å². The summed E-state index contributed by atoms with van der Waals surface area (Å²) in [7, 11) is 0. The number of aromatic nitrogens is 2. The summed E-state index contributed by atoms with van der Waals surface area (Å²) in [6.45, 7) is 1.69. The van der Waals surface area contributed by atoms with E-state index in [4.69, 9.17) is 4.74 Å². The molecule has 0 unspecified atom stereocenters. The number of benzene rings is 1. The maximum absolute atomic E-state index is 9.72. The summed E-state index contributed by atoms with van der Waals surface area (Å²) in [5.74, 6) is 1.06. The lowest BCUT2D eigenvalue weighted by molar-refractivity contribution is 0.194. The maximum atomic E-state index is 9.72. The molecule has 3 aromatic rings. The fourth-order valence-electron chi connectivity index (χ4n) is 2.03. The molecule has 0 radical (unpaired) electrons. The van der Waals surface area contributed by atoms with E-state index in [1.807, 2.05) is 30.3 Å². The van der Waals surface area contributed by atoms with Crippen LogP contribution < -0.4 is 4.74 Å². The zero-order chi connectivity index (χ0) is 13.9. The molecule has 2 aromatic heterocycles. The summed E-state index contributed by atoms with van der Waals surface area (Å²) in [6, 6.07) is 13.1. The van der Waals surface area contributed by atoms with Gasteiger partial charge in [-0.2, -0.15) is 0 Å². The molecule has 2 heterocycles. The quantitative estimate of drug-likeness (QED) is 0.788. The van der Waals surface area contributed by atoms with Gasteiger partial charge in [-0.25, -0.2) is 4.98 Å². The topological polar surface area (TPSA) is 55.2 Å².